The number of hydrogen-bond acceptors (Lipinski definition) is 3. The minimum absolute atomic E-state index is 0.425. The van der Waals surface area contributed by atoms with Gasteiger partial charge in [-0.25, -0.2) is 4.98 Å². The number of anilines is 1. The van der Waals surface area contributed by atoms with Crippen LogP contribution < -0.4 is 10.5 Å². The number of ether oxygens (including phenoxy) is 1. The predicted molar refractivity (Wildman–Crippen MR) is 68.2 cm³/mol. The summed E-state index contributed by atoms with van der Waals surface area (Å²) in [7, 11) is 1.54. The highest BCUT2D eigenvalue weighted by Crippen LogP contribution is 2.24. The molecule has 16 heavy (non-hydrogen) atoms. The Morgan fingerprint density at radius 1 is 1.38 bits per heavy atom. The van der Waals surface area contributed by atoms with E-state index < -0.39 is 0 Å². The first-order valence-electron chi connectivity index (χ1n) is 4.90. The summed E-state index contributed by atoms with van der Waals surface area (Å²) in [5.41, 5.74) is 8.93. The van der Waals surface area contributed by atoms with Crippen LogP contribution in [0.2, 0.25) is 0 Å². The first kappa shape index (κ1) is 12.0. The highest BCUT2D eigenvalue weighted by Gasteiger charge is 2.06. The van der Waals surface area contributed by atoms with Gasteiger partial charge in [-0.05, 0) is 24.6 Å². The maximum Gasteiger partial charge on any atom is 0.237 e. The Morgan fingerprint density at radius 3 is 2.56 bits per heavy atom. The van der Waals surface area contributed by atoms with E-state index in [4.69, 9.17) is 10.5 Å². The van der Waals surface area contributed by atoms with Crippen molar-refractivity contribution in [2.45, 2.75) is 6.92 Å². The van der Waals surface area contributed by atoms with Gasteiger partial charge in [0.05, 0.1) is 18.5 Å². The van der Waals surface area contributed by atoms with Gasteiger partial charge in [-0.2, -0.15) is 0 Å². The molecule has 0 spiro atoms. The molecule has 3 heteroatoms. The topological polar surface area (TPSA) is 48.1 Å². The van der Waals surface area contributed by atoms with E-state index in [9.17, 15) is 0 Å². The monoisotopic (exact) mass is 216 g/mol. The Balaban J connectivity index is 3.33. The maximum atomic E-state index is 5.70. The minimum atomic E-state index is 0.425. The number of hydrogen-bond donors (Lipinski definition) is 1. The van der Waals surface area contributed by atoms with Crippen molar-refractivity contribution in [1.29, 1.82) is 0 Å². The number of nitrogen functional groups attached to an aromatic ring is 1. The molecule has 0 atom stereocenters. The lowest BCUT2D eigenvalue weighted by Crippen LogP contribution is -1.98. The third-order valence-corrected chi connectivity index (χ3v) is 2.29. The molecule has 0 aliphatic heterocycles. The van der Waals surface area contributed by atoms with Gasteiger partial charge in [0.25, 0.3) is 0 Å². The van der Waals surface area contributed by atoms with Crippen molar-refractivity contribution in [3.05, 3.63) is 48.7 Å². The average molecular weight is 216 g/mol. The van der Waals surface area contributed by atoms with Crippen molar-refractivity contribution in [3.8, 4) is 5.88 Å². The molecule has 1 aromatic heterocycles. The first-order chi connectivity index (χ1) is 7.63. The zero-order valence-corrected chi connectivity index (χ0v) is 9.66. The smallest absolute Gasteiger partial charge is 0.237 e. The molecular weight excluding hydrogens is 200 g/mol. The fourth-order valence-corrected chi connectivity index (χ4v) is 1.34. The molecule has 0 fully saturated rings. The van der Waals surface area contributed by atoms with Crippen LogP contribution >= 0.6 is 0 Å². The lowest BCUT2D eigenvalue weighted by molar-refractivity contribution is 0.400. The Bertz CT molecular complexity index is 447. The highest BCUT2D eigenvalue weighted by atomic mass is 16.5. The lowest BCUT2D eigenvalue weighted by atomic mass is 10.1. The summed E-state index contributed by atoms with van der Waals surface area (Å²) in [4.78, 5) is 4.31. The second-order valence-electron chi connectivity index (χ2n) is 3.30. The van der Waals surface area contributed by atoms with Crippen molar-refractivity contribution in [3.63, 3.8) is 0 Å². The number of aromatic nitrogens is 1. The molecule has 84 valence electrons. The van der Waals surface area contributed by atoms with Gasteiger partial charge in [0, 0.05) is 5.57 Å². The van der Waals surface area contributed by atoms with Gasteiger partial charge in [-0.3, -0.25) is 0 Å². The molecule has 2 N–H and O–H groups in total. The molecule has 1 aromatic rings. The van der Waals surface area contributed by atoms with Crippen LogP contribution in [0.15, 0.2) is 43.0 Å². The molecule has 0 saturated heterocycles. The number of nitrogens with two attached hydrogens (primary N) is 1. The highest BCUT2D eigenvalue weighted by molar-refractivity contribution is 5.76. The van der Waals surface area contributed by atoms with Crippen LogP contribution in [0, 0.1) is 0 Å². The molecule has 3 nitrogen and oxygen atoms in total. The van der Waals surface area contributed by atoms with Gasteiger partial charge in [0.2, 0.25) is 5.88 Å². The fraction of sp³-hybridized carbons (Fsp3) is 0.154. The van der Waals surface area contributed by atoms with E-state index >= 15 is 0 Å². The number of pyridine rings is 1. The van der Waals surface area contributed by atoms with Gasteiger partial charge in [-0.1, -0.05) is 25.3 Å². The Kier molecular flexibility index (Phi) is 3.89. The summed E-state index contributed by atoms with van der Waals surface area (Å²) in [5.74, 6) is 0.425. The third kappa shape index (κ3) is 2.31. The van der Waals surface area contributed by atoms with E-state index in [0.717, 1.165) is 16.8 Å². The van der Waals surface area contributed by atoms with E-state index in [1.165, 1.54) is 0 Å². The quantitative estimate of drug-likeness (QED) is 0.787. The number of allylic oxidation sites excluding steroid dienone is 4. The van der Waals surface area contributed by atoms with Crippen molar-refractivity contribution in [2.24, 2.45) is 0 Å². The largest absolute Gasteiger partial charge is 0.480 e. The van der Waals surface area contributed by atoms with Crippen LogP contribution in [0.1, 0.15) is 12.6 Å². The molecule has 0 unspecified atom stereocenters. The summed E-state index contributed by atoms with van der Waals surface area (Å²) >= 11 is 0. The van der Waals surface area contributed by atoms with E-state index in [0.29, 0.717) is 11.6 Å². The minimum Gasteiger partial charge on any atom is -0.480 e. The molecule has 0 aliphatic carbocycles. The Labute approximate surface area is 96.0 Å². The first-order valence-corrected chi connectivity index (χ1v) is 4.90. The van der Waals surface area contributed by atoms with Crippen molar-refractivity contribution >= 4 is 11.3 Å². The average Bonchev–Trinajstić information content (AvgIpc) is 2.31. The molecule has 0 aromatic carbocycles. The zero-order chi connectivity index (χ0) is 12.1. The van der Waals surface area contributed by atoms with E-state index in [-0.39, 0.29) is 0 Å². The van der Waals surface area contributed by atoms with Gasteiger partial charge in [0.15, 0.2) is 0 Å². The fourth-order valence-electron chi connectivity index (χ4n) is 1.34. The van der Waals surface area contributed by atoms with Gasteiger partial charge >= 0.3 is 0 Å². The van der Waals surface area contributed by atoms with E-state index in [1.807, 2.05) is 13.0 Å². The van der Waals surface area contributed by atoms with Crippen LogP contribution in [-0.4, -0.2) is 12.1 Å². The molecule has 0 saturated carbocycles. The standard InChI is InChI=1S/C13H16N2O/c1-5-9(3)10(6-2)12-8-7-11(14)13(15-12)16-4/h5-8H,1-2,14H2,3-4H3/b10-9+. The second-order valence-corrected chi connectivity index (χ2v) is 3.30. The summed E-state index contributed by atoms with van der Waals surface area (Å²) in [6.07, 6.45) is 3.51. The summed E-state index contributed by atoms with van der Waals surface area (Å²) < 4.78 is 5.07. The summed E-state index contributed by atoms with van der Waals surface area (Å²) in [6.45, 7) is 9.45. The van der Waals surface area contributed by atoms with E-state index in [1.54, 1.807) is 25.3 Å². The Hall–Kier alpha value is -2.03. The summed E-state index contributed by atoms with van der Waals surface area (Å²) in [5, 5.41) is 0. The maximum absolute atomic E-state index is 5.70. The number of methoxy groups -OCH3 is 1. The van der Waals surface area contributed by atoms with Crippen LogP contribution in [0.25, 0.3) is 5.57 Å². The third-order valence-electron chi connectivity index (χ3n) is 2.29. The second kappa shape index (κ2) is 5.16. The Morgan fingerprint density at radius 2 is 2.06 bits per heavy atom. The van der Waals surface area contributed by atoms with Gasteiger partial charge in [-0.15, -0.1) is 0 Å². The molecule has 0 amide bonds. The van der Waals surface area contributed by atoms with Gasteiger partial charge in [0.1, 0.15) is 0 Å². The molecule has 1 rings (SSSR count). The molecule has 0 radical (unpaired) electrons. The summed E-state index contributed by atoms with van der Waals surface area (Å²) in [6, 6.07) is 3.60. The van der Waals surface area contributed by atoms with E-state index in [2.05, 4.69) is 18.1 Å². The van der Waals surface area contributed by atoms with Crippen LogP contribution in [-0.2, 0) is 0 Å². The van der Waals surface area contributed by atoms with Crippen LogP contribution in [0.3, 0.4) is 0 Å². The van der Waals surface area contributed by atoms with Crippen molar-refractivity contribution in [2.75, 3.05) is 12.8 Å². The van der Waals surface area contributed by atoms with Crippen LogP contribution in [0.4, 0.5) is 5.69 Å². The normalized spacial score (nSPS) is 11.6. The number of rotatable bonds is 4. The number of nitrogens with zero attached hydrogens (tertiary/aromatic N) is 1. The lowest BCUT2D eigenvalue weighted by Gasteiger charge is -2.08. The van der Waals surface area contributed by atoms with Crippen molar-refractivity contribution < 1.29 is 4.74 Å². The van der Waals surface area contributed by atoms with Crippen LogP contribution in [0.5, 0.6) is 5.88 Å². The molecular formula is C13H16N2O. The molecule has 1 heterocycles. The SMILES string of the molecule is C=C/C(C)=C(\C=C)c1ccc(N)c(OC)n1. The van der Waals surface area contributed by atoms with Crippen molar-refractivity contribution in [1.82, 2.24) is 4.98 Å². The van der Waals surface area contributed by atoms with Gasteiger partial charge < -0.3 is 10.5 Å². The molecule has 0 aliphatic rings. The predicted octanol–water partition coefficient (Wildman–Crippen LogP) is 2.82. The zero-order valence-electron chi connectivity index (χ0n) is 9.66. The molecule has 0 bridgehead atoms.